The van der Waals surface area contributed by atoms with Gasteiger partial charge in [-0.15, -0.1) is 0 Å². The molecule has 2 atom stereocenters. The first-order chi connectivity index (χ1) is 9.93. The summed E-state index contributed by atoms with van der Waals surface area (Å²) >= 11 is 0. The second kappa shape index (κ2) is 6.31. The third-order valence-electron chi connectivity index (χ3n) is 4.66. The lowest BCUT2D eigenvalue weighted by Gasteiger charge is -2.37. The zero-order chi connectivity index (χ0) is 15.6. The predicted molar refractivity (Wildman–Crippen MR) is 81.5 cm³/mol. The maximum absolute atomic E-state index is 11.4. The molecule has 21 heavy (non-hydrogen) atoms. The van der Waals surface area contributed by atoms with Gasteiger partial charge in [-0.2, -0.15) is 5.26 Å². The van der Waals surface area contributed by atoms with Crippen molar-refractivity contribution < 1.29 is 4.79 Å². The number of hydrogen-bond acceptors (Lipinski definition) is 3. The van der Waals surface area contributed by atoms with Crippen LogP contribution in [0.2, 0.25) is 0 Å². The molecule has 0 radical (unpaired) electrons. The van der Waals surface area contributed by atoms with Crippen LogP contribution in [0.3, 0.4) is 0 Å². The van der Waals surface area contributed by atoms with Crippen LogP contribution in [0.25, 0.3) is 0 Å². The van der Waals surface area contributed by atoms with E-state index in [1.54, 1.807) is 6.92 Å². The number of piperidine rings is 1. The van der Waals surface area contributed by atoms with Crippen molar-refractivity contribution in [3.8, 4) is 6.07 Å². The zero-order valence-corrected chi connectivity index (χ0v) is 13.3. The number of hydrogen-bond donors (Lipinski definition) is 1. The molecule has 0 aliphatic carbocycles. The van der Waals surface area contributed by atoms with Crippen molar-refractivity contribution in [2.75, 3.05) is 13.1 Å². The molecule has 1 fully saturated rings. The molecule has 1 N–H and O–H groups in total. The Hall–Kier alpha value is -1.80. The van der Waals surface area contributed by atoms with Gasteiger partial charge in [0.1, 0.15) is 11.8 Å². The fourth-order valence-electron chi connectivity index (χ4n) is 3.02. The number of nitrogens with one attached hydrogen (secondary N) is 1. The Labute approximate surface area is 126 Å². The molecule has 1 aromatic rings. The lowest BCUT2D eigenvalue weighted by molar-refractivity contribution is -0.130. The summed E-state index contributed by atoms with van der Waals surface area (Å²) in [6.45, 7) is 8.29. The number of aromatic nitrogens is 1. The number of carbonyl (C=O) groups excluding carboxylic acids is 1. The van der Waals surface area contributed by atoms with Crippen molar-refractivity contribution in [2.45, 2.75) is 39.8 Å². The van der Waals surface area contributed by atoms with Crippen LogP contribution in [-0.4, -0.2) is 34.5 Å². The molecule has 0 aromatic carbocycles. The van der Waals surface area contributed by atoms with E-state index in [1.807, 2.05) is 29.5 Å². The molecular formula is C16H24N4O. The molecule has 0 unspecified atom stereocenters. The second-order valence-corrected chi connectivity index (χ2v) is 6.03. The Balaban J connectivity index is 1.95. The smallest absolute Gasteiger partial charge is 0.219 e. The van der Waals surface area contributed by atoms with Gasteiger partial charge in [0.05, 0.1) is 0 Å². The van der Waals surface area contributed by atoms with Crippen LogP contribution >= 0.6 is 0 Å². The summed E-state index contributed by atoms with van der Waals surface area (Å²) in [6, 6.07) is 4.59. The van der Waals surface area contributed by atoms with Crippen LogP contribution in [0.15, 0.2) is 6.07 Å². The first kappa shape index (κ1) is 15.6. The van der Waals surface area contributed by atoms with Crippen molar-refractivity contribution in [3.63, 3.8) is 0 Å². The van der Waals surface area contributed by atoms with Gasteiger partial charge in [-0.1, -0.05) is 6.92 Å². The topological polar surface area (TPSA) is 61.1 Å². The number of likely N-dealkylation sites (tertiary alicyclic amines) is 1. The van der Waals surface area contributed by atoms with Gasteiger partial charge >= 0.3 is 0 Å². The van der Waals surface area contributed by atoms with Crippen LogP contribution in [-0.2, 0) is 18.4 Å². The van der Waals surface area contributed by atoms with Gasteiger partial charge in [0.25, 0.3) is 0 Å². The fraction of sp³-hybridized carbons (Fsp3) is 0.625. The second-order valence-electron chi connectivity index (χ2n) is 6.03. The van der Waals surface area contributed by atoms with E-state index in [2.05, 4.69) is 18.3 Å². The van der Waals surface area contributed by atoms with Crippen molar-refractivity contribution in [2.24, 2.45) is 13.0 Å². The highest BCUT2D eigenvalue weighted by molar-refractivity contribution is 5.73. The molecule has 2 rings (SSSR count). The summed E-state index contributed by atoms with van der Waals surface area (Å²) in [4.78, 5) is 13.3. The molecule has 1 aliphatic heterocycles. The normalized spacial score (nSPS) is 22.1. The Morgan fingerprint density at radius 3 is 2.81 bits per heavy atom. The summed E-state index contributed by atoms with van der Waals surface area (Å²) in [5.74, 6) is 0.611. The van der Waals surface area contributed by atoms with Crippen molar-refractivity contribution in [3.05, 3.63) is 23.0 Å². The average molecular weight is 288 g/mol. The highest BCUT2D eigenvalue weighted by Crippen LogP contribution is 2.19. The molecule has 2 heterocycles. The number of nitrogens with zero attached hydrogens (tertiary/aromatic N) is 3. The minimum Gasteiger partial charge on any atom is -0.343 e. The third kappa shape index (κ3) is 3.27. The lowest BCUT2D eigenvalue weighted by Crippen LogP contribution is -2.49. The molecule has 0 saturated carbocycles. The minimum atomic E-state index is 0.165. The number of carbonyl (C=O) groups is 1. The highest BCUT2D eigenvalue weighted by atomic mass is 16.2. The Morgan fingerprint density at radius 1 is 1.57 bits per heavy atom. The van der Waals surface area contributed by atoms with Crippen molar-refractivity contribution >= 4 is 5.91 Å². The monoisotopic (exact) mass is 288 g/mol. The van der Waals surface area contributed by atoms with Gasteiger partial charge in [0.2, 0.25) is 5.91 Å². The fourth-order valence-corrected chi connectivity index (χ4v) is 3.02. The Bertz CT molecular complexity index is 570. The van der Waals surface area contributed by atoms with E-state index in [-0.39, 0.29) is 5.91 Å². The van der Waals surface area contributed by atoms with Gasteiger partial charge in [-0.25, -0.2) is 0 Å². The maximum Gasteiger partial charge on any atom is 0.219 e. The molecule has 5 nitrogen and oxygen atoms in total. The van der Waals surface area contributed by atoms with E-state index in [4.69, 9.17) is 5.26 Å². The third-order valence-corrected chi connectivity index (χ3v) is 4.66. The van der Waals surface area contributed by atoms with Crippen LogP contribution in [0, 0.1) is 24.2 Å². The van der Waals surface area contributed by atoms with Gasteiger partial charge in [-0.3, -0.25) is 4.79 Å². The molecule has 5 heteroatoms. The number of amides is 1. The quantitative estimate of drug-likeness (QED) is 0.918. The number of nitriles is 1. The average Bonchev–Trinajstić information content (AvgIpc) is 2.73. The first-order valence-corrected chi connectivity index (χ1v) is 7.48. The van der Waals surface area contributed by atoms with E-state index in [9.17, 15) is 4.79 Å². The summed E-state index contributed by atoms with van der Waals surface area (Å²) < 4.78 is 1.93. The largest absolute Gasteiger partial charge is 0.343 e. The Morgan fingerprint density at radius 2 is 2.29 bits per heavy atom. The summed E-state index contributed by atoms with van der Waals surface area (Å²) in [7, 11) is 1.92. The van der Waals surface area contributed by atoms with Gasteiger partial charge in [-0.05, 0) is 30.9 Å². The molecule has 114 valence electrons. The number of rotatable bonds is 3. The summed E-state index contributed by atoms with van der Waals surface area (Å²) in [5.41, 5.74) is 3.01. The molecule has 1 aliphatic rings. The van der Waals surface area contributed by atoms with Gasteiger partial charge in [0.15, 0.2) is 0 Å². The molecule has 0 spiro atoms. The van der Waals surface area contributed by atoms with E-state index in [1.165, 1.54) is 5.56 Å². The van der Waals surface area contributed by atoms with E-state index < -0.39 is 0 Å². The van der Waals surface area contributed by atoms with Crippen LogP contribution in [0.4, 0.5) is 0 Å². The molecule has 1 aromatic heterocycles. The molecule has 0 bridgehead atoms. The first-order valence-electron chi connectivity index (χ1n) is 7.48. The Kier molecular flexibility index (Phi) is 4.69. The van der Waals surface area contributed by atoms with Gasteiger partial charge in [0, 0.05) is 45.3 Å². The molecule has 1 amide bonds. The van der Waals surface area contributed by atoms with Crippen LogP contribution < -0.4 is 5.32 Å². The van der Waals surface area contributed by atoms with E-state index in [0.29, 0.717) is 17.7 Å². The van der Waals surface area contributed by atoms with Crippen molar-refractivity contribution in [1.82, 2.24) is 14.8 Å². The standard InChI is InChI=1S/C16H24N4O/c1-11-10-20(13(3)21)6-5-16(11)18-9-14-7-15(8-17)19(4)12(14)2/h7,11,16,18H,5-6,9-10H2,1-4H3/t11-,16-/m0/s1. The van der Waals surface area contributed by atoms with Crippen LogP contribution in [0.5, 0.6) is 0 Å². The van der Waals surface area contributed by atoms with E-state index in [0.717, 1.165) is 31.7 Å². The predicted octanol–water partition coefficient (Wildman–Crippen LogP) is 1.55. The van der Waals surface area contributed by atoms with Crippen molar-refractivity contribution in [1.29, 1.82) is 5.26 Å². The van der Waals surface area contributed by atoms with E-state index >= 15 is 0 Å². The van der Waals surface area contributed by atoms with Crippen LogP contribution in [0.1, 0.15) is 37.2 Å². The van der Waals surface area contributed by atoms with Gasteiger partial charge < -0.3 is 14.8 Å². The zero-order valence-electron chi connectivity index (χ0n) is 13.3. The summed E-state index contributed by atoms with van der Waals surface area (Å²) in [6.07, 6.45) is 0.984. The highest BCUT2D eigenvalue weighted by Gasteiger charge is 2.27. The maximum atomic E-state index is 11.4. The summed E-state index contributed by atoms with van der Waals surface area (Å²) in [5, 5.41) is 12.7. The molecular weight excluding hydrogens is 264 g/mol. The SMILES string of the molecule is CC(=O)N1CC[C@H](NCc2cc(C#N)n(C)c2C)[C@@H](C)C1. The minimum absolute atomic E-state index is 0.165. The lowest BCUT2D eigenvalue weighted by atomic mass is 9.93. The molecule has 1 saturated heterocycles.